The molecule has 1 radical (unpaired) electrons. The van der Waals surface area contributed by atoms with Crippen LogP contribution < -0.4 is 0 Å². The number of alkyl halides is 10. The van der Waals surface area contributed by atoms with Crippen molar-refractivity contribution in [2.45, 2.75) is 68.6 Å². The SMILES string of the molecule is [CH2-]CC(F)(F)C(F)(F)C(F)(F)CC(F)(F)CC(F)(F)CCC.[Y]. The van der Waals surface area contributed by atoms with Crippen molar-refractivity contribution in [3.05, 3.63) is 6.92 Å². The van der Waals surface area contributed by atoms with Crippen molar-refractivity contribution in [2.75, 3.05) is 0 Å². The molecule has 0 bridgehead atoms. The van der Waals surface area contributed by atoms with Gasteiger partial charge in [0.2, 0.25) is 0 Å². The summed E-state index contributed by atoms with van der Waals surface area (Å²) in [6.45, 7) is 3.56. The molecule has 0 aliphatic carbocycles. The molecule has 0 aromatic rings. The van der Waals surface area contributed by atoms with Crippen LogP contribution in [0.2, 0.25) is 0 Å². The van der Waals surface area contributed by atoms with Gasteiger partial charge in [0, 0.05) is 39.1 Å². The third-order valence-corrected chi connectivity index (χ3v) is 2.85. The molecule has 0 N–H and O–H groups in total. The standard InChI is InChI=1S/C12H15F10.Y/c1-3-5-8(13,14)6-9(15,16)7-11(19,20)12(21,22)10(17,18)4-2;/h2-7H2,1H3;/q-1;. The Hall–Kier alpha value is 0.404. The molecule has 0 atom stereocenters. The molecular formula is C12H15F10Y-. The Bertz CT molecular complexity index is 367. The van der Waals surface area contributed by atoms with Gasteiger partial charge in [0.05, 0.1) is 12.8 Å². The van der Waals surface area contributed by atoms with Gasteiger partial charge in [0.25, 0.3) is 17.8 Å². The van der Waals surface area contributed by atoms with Crippen molar-refractivity contribution < 1.29 is 76.6 Å². The van der Waals surface area contributed by atoms with E-state index in [1.807, 2.05) is 0 Å². The van der Waals surface area contributed by atoms with Gasteiger partial charge >= 0.3 is 11.8 Å². The predicted octanol–water partition coefficient (Wildman–Crippen LogP) is 5.96. The summed E-state index contributed by atoms with van der Waals surface area (Å²) in [5, 5.41) is 0. The molecule has 0 aliphatic heterocycles. The first kappa shape index (κ1) is 25.6. The van der Waals surface area contributed by atoms with Gasteiger partial charge in [-0.05, 0) is 0 Å². The Balaban J connectivity index is 0. The molecule has 0 aromatic heterocycles. The first-order chi connectivity index (χ1) is 9.54. The second kappa shape index (κ2) is 8.19. The van der Waals surface area contributed by atoms with Gasteiger partial charge < -0.3 is 6.92 Å². The Morgan fingerprint density at radius 3 is 1.48 bits per heavy atom. The van der Waals surface area contributed by atoms with Crippen LogP contribution in [0.25, 0.3) is 0 Å². The summed E-state index contributed by atoms with van der Waals surface area (Å²) in [5.74, 6) is -26.4. The van der Waals surface area contributed by atoms with E-state index >= 15 is 0 Å². The zero-order chi connectivity index (χ0) is 18.0. The number of hydrogen-bond acceptors (Lipinski definition) is 0. The third-order valence-electron chi connectivity index (χ3n) is 2.85. The smallest absolute Gasteiger partial charge is 0.337 e. The van der Waals surface area contributed by atoms with Gasteiger partial charge in [0.15, 0.2) is 0 Å². The normalized spacial score (nSPS) is 14.6. The summed E-state index contributed by atoms with van der Waals surface area (Å²) in [4.78, 5) is 0. The molecule has 0 aromatic carbocycles. The Morgan fingerprint density at radius 2 is 1.13 bits per heavy atom. The molecule has 0 nitrogen and oxygen atoms in total. The van der Waals surface area contributed by atoms with Gasteiger partial charge in [0.1, 0.15) is 0 Å². The fraction of sp³-hybridized carbons (Fsp3) is 0.917. The molecule has 0 saturated carbocycles. The van der Waals surface area contributed by atoms with E-state index in [1.54, 1.807) is 0 Å². The third kappa shape index (κ3) is 6.67. The molecule has 0 aliphatic rings. The fourth-order valence-electron chi connectivity index (χ4n) is 1.76. The molecule has 0 unspecified atom stereocenters. The molecule has 0 fully saturated rings. The van der Waals surface area contributed by atoms with Crippen LogP contribution in [0.4, 0.5) is 43.9 Å². The molecule has 0 amide bonds. The minimum atomic E-state index is -6.13. The van der Waals surface area contributed by atoms with E-state index < -0.39 is 55.3 Å². The Morgan fingerprint density at radius 1 is 0.696 bits per heavy atom. The first-order valence-corrected chi connectivity index (χ1v) is 6.22. The second-order valence-electron chi connectivity index (χ2n) is 5.05. The van der Waals surface area contributed by atoms with E-state index in [-0.39, 0.29) is 39.1 Å². The summed E-state index contributed by atoms with van der Waals surface area (Å²) < 4.78 is 130. The van der Waals surface area contributed by atoms with E-state index in [9.17, 15) is 43.9 Å². The van der Waals surface area contributed by atoms with Crippen molar-refractivity contribution in [3.8, 4) is 0 Å². The van der Waals surface area contributed by atoms with Gasteiger partial charge in [-0.2, -0.15) is 17.6 Å². The Labute approximate surface area is 152 Å². The van der Waals surface area contributed by atoms with Crippen LogP contribution in [0.3, 0.4) is 0 Å². The van der Waals surface area contributed by atoms with E-state index in [0.717, 1.165) is 0 Å². The average Bonchev–Trinajstić information content (AvgIpc) is 2.24. The van der Waals surface area contributed by atoms with Crippen molar-refractivity contribution in [1.29, 1.82) is 0 Å². The maximum atomic E-state index is 13.2. The summed E-state index contributed by atoms with van der Waals surface area (Å²) in [7, 11) is 0. The van der Waals surface area contributed by atoms with Crippen LogP contribution in [0.15, 0.2) is 0 Å². The maximum absolute atomic E-state index is 13.2. The van der Waals surface area contributed by atoms with Gasteiger partial charge in [-0.1, -0.05) is 13.3 Å². The van der Waals surface area contributed by atoms with E-state index in [4.69, 9.17) is 0 Å². The second-order valence-corrected chi connectivity index (χ2v) is 5.05. The number of hydrogen-bond donors (Lipinski definition) is 0. The number of halogens is 10. The minimum Gasteiger partial charge on any atom is -0.337 e. The summed E-state index contributed by atoms with van der Waals surface area (Å²) >= 11 is 0. The van der Waals surface area contributed by atoms with Crippen LogP contribution in [0.5, 0.6) is 0 Å². The van der Waals surface area contributed by atoms with Crippen LogP contribution in [0.1, 0.15) is 39.0 Å². The van der Waals surface area contributed by atoms with Crippen molar-refractivity contribution in [2.24, 2.45) is 0 Å². The number of rotatable bonds is 9. The molecule has 0 spiro atoms. The molecule has 11 heteroatoms. The van der Waals surface area contributed by atoms with Crippen molar-refractivity contribution in [3.63, 3.8) is 0 Å². The zero-order valence-corrected chi connectivity index (χ0v) is 14.9. The summed E-state index contributed by atoms with van der Waals surface area (Å²) in [6, 6.07) is 0. The monoisotopic (exact) mass is 438 g/mol. The Kier molecular flexibility index (Phi) is 9.13. The van der Waals surface area contributed by atoms with Crippen LogP contribution >= 0.6 is 0 Å². The van der Waals surface area contributed by atoms with Crippen molar-refractivity contribution >= 4 is 0 Å². The first-order valence-electron chi connectivity index (χ1n) is 6.22. The maximum Gasteiger partial charge on any atom is 0.369 e. The van der Waals surface area contributed by atoms with E-state index in [2.05, 4.69) is 6.92 Å². The van der Waals surface area contributed by atoms with Gasteiger partial charge in [-0.3, -0.25) is 0 Å². The zero-order valence-electron chi connectivity index (χ0n) is 12.1. The van der Waals surface area contributed by atoms with E-state index in [1.165, 1.54) is 6.92 Å². The average molecular weight is 438 g/mol. The topological polar surface area (TPSA) is 0 Å². The molecule has 0 rings (SSSR count). The predicted molar refractivity (Wildman–Crippen MR) is 58.9 cm³/mol. The molecule has 23 heavy (non-hydrogen) atoms. The molecule has 0 saturated heterocycles. The van der Waals surface area contributed by atoms with Gasteiger partial charge in [-0.15, -0.1) is 6.42 Å². The molecule has 137 valence electrons. The summed E-state index contributed by atoms with van der Waals surface area (Å²) in [5.41, 5.74) is 0. The molecule has 0 heterocycles. The van der Waals surface area contributed by atoms with E-state index in [0.29, 0.717) is 0 Å². The molecular weight excluding hydrogens is 423 g/mol. The van der Waals surface area contributed by atoms with Crippen LogP contribution in [-0.2, 0) is 32.7 Å². The fourth-order valence-corrected chi connectivity index (χ4v) is 1.76. The summed E-state index contributed by atoms with van der Waals surface area (Å²) in [6.07, 6.45) is -8.82. The quantitative estimate of drug-likeness (QED) is 0.308. The van der Waals surface area contributed by atoms with Gasteiger partial charge in [-0.25, -0.2) is 26.3 Å². The van der Waals surface area contributed by atoms with Crippen LogP contribution in [-0.4, -0.2) is 29.6 Å². The van der Waals surface area contributed by atoms with Crippen LogP contribution in [0, 0.1) is 6.92 Å². The largest absolute Gasteiger partial charge is 0.369 e. The van der Waals surface area contributed by atoms with Crippen molar-refractivity contribution in [1.82, 2.24) is 0 Å². The minimum absolute atomic E-state index is 0.